The van der Waals surface area contributed by atoms with Gasteiger partial charge in [-0.25, -0.2) is 4.98 Å². The predicted octanol–water partition coefficient (Wildman–Crippen LogP) is -3.00. The number of nitrogens with two attached hydrogens (primary N) is 1. The molecule has 1 unspecified atom stereocenters. The molecule has 17 heteroatoms. The fourth-order valence-corrected chi connectivity index (χ4v) is 6.00. The number of fused-ring (bicyclic) bond motifs is 2. The van der Waals surface area contributed by atoms with E-state index in [4.69, 9.17) is 10.6 Å². The standard InChI is InChI=1S/C21H18N8O7S2/c1-36-27-12(11-7-38-21(22)25-11)15(30)26-13-18(33)29-14(20(34)35)8(6-37-19(13)29)4-28-3-2-9-10(5-28)24-17(32)16(31)23-9/h2-3,5,7,13,19H,4,6H2,1H3,(H5,22,24,25,26,30,32,34,35)/b27-12+/t13-,19?/m1/s1. The summed E-state index contributed by atoms with van der Waals surface area (Å²) >= 11 is 2.36. The van der Waals surface area contributed by atoms with Crippen LogP contribution in [0.3, 0.4) is 0 Å². The van der Waals surface area contributed by atoms with Gasteiger partial charge in [-0.1, -0.05) is 5.16 Å². The highest BCUT2D eigenvalue weighted by Crippen LogP contribution is 2.40. The second kappa shape index (κ2) is 9.75. The van der Waals surface area contributed by atoms with Gasteiger partial charge in [0.2, 0.25) is 0 Å². The molecule has 0 radical (unpaired) electrons. The highest BCUT2D eigenvalue weighted by Gasteiger charge is 2.53. The monoisotopic (exact) mass is 558 g/mol. The molecule has 0 saturated carbocycles. The number of pyridine rings is 1. The SMILES string of the molecule is CO/N=C(/C(=O)N[C@@H]1C(=O)N2C(C(=O)[O-])=C(C[n+]3ccc4[nH]c(=O)c(=O)[nH]c4c3)CSC12)c1csc(N)n1. The van der Waals surface area contributed by atoms with Gasteiger partial charge in [-0.05, 0) is 0 Å². The number of aromatic amines is 2. The van der Waals surface area contributed by atoms with Gasteiger partial charge in [-0.3, -0.25) is 24.1 Å². The van der Waals surface area contributed by atoms with E-state index in [1.165, 1.54) is 30.4 Å². The molecule has 2 aliphatic rings. The Morgan fingerprint density at radius 2 is 2.05 bits per heavy atom. The second-order valence-electron chi connectivity index (χ2n) is 8.15. The lowest BCUT2D eigenvalue weighted by Crippen LogP contribution is -2.71. The van der Waals surface area contributed by atoms with E-state index >= 15 is 0 Å². The smallest absolute Gasteiger partial charge is 0.314 e. The number of aromatic nitrogens is 4. The van der Waals surface area contributed by atoms with Crippen molar-refractivity contribution in [2.45, 2.75) is 18.0 Å². The van der Waals surface area contributed by atoms with Crippen molar-refractivity contribution in [3.8, 4) is 0 Å². The molecule has 2 amide bonds. The summed E-state index contributed by atoms with van der Waals surface area (Å²) in [6, 6.07) is 0.539. The third-order valence-electron chi connectivity index (χ3n) is 5.78. The molecule has 196 valence electrons. The van der Waals surface area contributed by atoms with Gasteiger partial charge in [-0.15, -0.1) is 23.1 Å². The molecule has 2 atom stereocenters. The number of oxime groups is 1. The summed E-state index contributed by atoms with van der Waals surface area (Å²) in [5.74, 6) is -2.69. The molecule has 5 heterocycles. The number of nitrogens with one attached hydrogen (secondary N) is 3. The summed E-state index contributed by atoms with van der Waals surface area (Å²) in [7, 11) is 1.25. The van der Waals surface area contributed by atoms with Gasteiger partial charge in [-0.2, -0.15) is 4.57 Å². The van der Waals surface area contributed by atoms with E-state index in [9.17, 15) is 29.1 Å². The maximum Gasteiger partial charge on any atom is 0.314 e. The number of thioether (sulfide) groups is 1. The molecule has 3 aromatic rings. The molecule has 5 N–H and O–H groups in total. The number of H-pyrrole nitrogens is 2. The molecule has 5 rings (SSSR count). The highest BCUT2D eigenvalue weighted by molar-refractivity contribution is 8.00. The number of carboxylic acids is 1. The second-order valence-corrected chi connectivity index (χ2v) is 10.1. The molecule has 0 spiro atoms. The number of amides is 2. The van der Waals surface area contributed by atoms with Crippen LogP contribution in [0, 0.1) is 0 Å². The Kier molecular flexibility index (Phi) is 6.45. The molecule has 0 aliphatic carbocycles. The van der Waals surface area contributed by atoms with E-state index in [1.807, 2.05) is 0 Å². The van der Waals surface area contributed by atoms with Gasteiger partial charge < -0.3 is 35.8 Å². The number of carbonyl (C=O) groups is 3. The lowest BCUT2D eigenvalue weighted by Gasteiger charge is -2.50. The number of carbonyl (C=O) groups excluding carboxylic acids is 3. The van der Waals surface area contributed by atoms with Crippen LogP contribution in [0.2, 0.25) is 0 Å². The van der Waals surface area contributed by atoms with Gasteiger partial charge in [0.25, 0.3) is 11.8 Å². The Labute approximate surface area is 220 Å². The Hall–Kier alpha value is -4.51. The Morgan fingerprint density at radius 1 is 1.32 bits per heavy atom. The number of nitrogen functional groups attached to an aromatic ring is 1. The van der Waals surface area contributed by atoms with Crippen molar-refractivity contribution in [1.29, 1.82) is 0 Å². The van der Waals surface area contributed by atoms with Crippen molar-refractivity contribution in [2.75, 3.05) is 18.6 Å². The Balaban J connectivity index is 1.37. The fourth-order valence-electron chi connectivity index (χ4n) is 4.12. The lowest BCUT2D eigenvalue weighted by molar-refractivity contribution is -0.687. The van der Waals surface area contributed by atoms with Gasteiger partial charge >= 0.3 is 11.1 Å². The molecular weight excluding hydrogens is 540 g/mol. The third-order valence-corrected chi connectivity index (χ3v) is 7.80. The minimum Gasteiger partial charge on any atom is -0.543 e. The summed E-state index contributed by atoms with van der Waals surface area (Å²) in [4.78, 5) is 75.9. The topological polar surface area (TPSA) is 220 Å². The third kappa shape index (κ3) is 4.41. The number of carboxylic acid groups (broad SMARTS) is 1. The number of nitrogens with zero attached hydrogens (tertiary/aromatic N) is 4. The number of anilines is 1. The summed E-state index contributed by atoms with van der Waals surface area (Å²) in [5.41, 5.74) is 4.84. The number of thiazole rings is 1. The largest absolute Gasteiger partial charge is 0.543 e. The van der Waals surface area contributed by atoms with Crippen molar-refractivity contribution in [1.82, 2.24) is 25.2 Å². The van der Waals surface area contributed by atoms with E-state index in [0.717, 1.165) is 16.2 Å². The zero-order valence-corrected chi connectivity index (χ0v) is 21.1. The summed E-state index contributed by atoms with van der Waals surface area (Å²) in [5, 5.41) is 19.4. The van der Waals surface area contributed by atoms with Crippen molar-refractivity contribution in [2.24, 2.45) is 5.16 Å². The van der Waals surface area contributed by atoms with Crippen molar-refractivity contribution < 1.29 is 28.9 Å². The van der Waals surface area contributed by atoms with Gasteiger partial charge in [0, 0.05) is 22.8 Å². The van der Waals surface area contributed by atoms with Crippen LogP contribution in [0.1, 0.15) is 5.69 Å². The minimum atomic E-state index is -1.54. The molecular formula is C21H18N8O7S2. The Morgan fingerprint density at radius 3 is 2.71 bits per heavy atom. The van der Waals surface area contributed by atoms with E-state index in [0.29, 0.717) is 16.6 Å². The van der Waals surface area contributed by atoms with E-state index < -0.39 is 40.3 Å². The number of β-lactam (4-membered cyclic amide) rings is 1. The molecule has 1 fully saturated rings. The average molecular weight is 559 g/mol. The first kappa shape index (κ1) is 25.2. The van der Waals surface area contributed by atoms with Crippen molar-refractivity contribution in [3.05, 3.63) is 61.5 Å². The minimum absolute atomic E-state index is 0.0663. The number of hydrogen-bond acceptors (Lipinski definition) is 12. The molecule has 3 aromatic heterocycles. The first-order valence-corrected chi connectivity index (χ1v) is 12.8. The van der Waals surface area contributed by atoms with Gasteiger partial charge in [0.1, 0.15) is 29.7 Å². The quantitative estimate of drug-likeness (QED) is 0.0756. The number of rotatable bonds is 7. The molecule has 2 aliphatic heterocycles. The van der Waals surface area contributed by atoms with Crippen LogP contribution in [0.5, 0.6) is 0 Å². The van der Waals surface area contributed by atoms with Gasteiger partial charge in [0.15, 0.2) is 29.8 Å². The molecule has 1 saturated heterocycles. The van der Waals surface area contributed by atoms with Crippen LogP contribution in [-0.4, -0.2) is 67.6 Å². The van der Waals surface area contributed by atoms with Crippen molar-refractivity contribution in [3.63, 3.8) is 0 Å². The summed E-state index contributed by atoms with van der Waals surface area (Å²) in [6.45, 7) is 0.0663. The normalized spacial score (nSPS) is 19.2. The van der Waals surface area contributed by atoms with E-state index in [-0.39, 0.29) is 34.5 Å². The maximum atomic E-state index is 13.0. The summed E-state index contributed by atoms with van der Waals surface area (Å²) in [6.07, 6.45) is 3.13. The van der Waals surface area contributed by atoms with Crippen LogP contribution in [0.25, 0.3) is 11.0 Å². The van der Waals surface area contributed by atoms with E-state index in [2.05, 4.69) is 25.4 Å². The maximum absolute atomic E-state index is 13.0. The van der Waals surface area contributed by atoms with Crippen LogP contribution < -0.4 is 31.8 Å². The van der Waals surface area contributed by atoms with Crippen LogP contribution in [0.15, 0.2) is 49.9 Å². The van der Waals surface area contributed by atoms with Crippen LogP contribution in [-0.2, 0) is 25.8 Å². The predicted molar refractivity (Wildman–Crippen MR) is 133 cm³/mol. The average Bonchev–Trinajstić information content (AvgIpc) is 3.31. The Bertz CT molecular complexity index is 1670. The highest BCUT2D eigenvalue weighted by atomic mass is 32.2. The molecule has 38 heavy (non-hydrogen) atoms. The van der Waals surface area contributed by atoms with Crippen LogP contribution >= 0.6 is 23.1 Å². The number of aliphatic carboxylic acids is 1. The van der Waals surface area contributed by atoms with E-state index in [1.54, 1.807) is 16.8 Å². The molecule has 15 nitrogen and oxygen atoms in total. The zero-order chi connectivity index (χ0) is 27.1. The first-order valence-electron chi connectivity index (χ1n) is 10.8. The first-order chi connectivity index (χ1) is 18.2. The summed E-state index contributed by atoms with van der Waals surface area (Å²) < 4.78 is 1.60. The fraction of sp³-hybridized carbons (Fsp3) is 0.238. The number of hydrogen-bond donors (Lipinski definition) is 4. The van der Waals surface area contributed by atoms with Crippen molar-refractivity contribution >= 4 is 62.8 Å². The van der Waals surface area contributed by atoms with Gasteiger partial charge in [0.05, 0.1) is 17.2 Å². The van der Waals surface area contributed by atoms with Crippen LogP contribution in [0.4, 0.5) is 5.13 Å². The molecule has 0 aromatic carbocycles. The molecule has 0 bridgehead atoms. The zero-order valence-electron chi connectivity index (χ0n) is 19.4. The lowest BCUT2D eigenvalue weighted by atomic mass is 10.0.